The molecular formula is C17H16N2O2S. The number of aryl methyl sites for hydroxylation is 1. The third-order valence-electron chi connectivity index (χ3n) is 3.31. The summed E-state index contributed by atoms with van der Waals surface area (Å²) in [6, 6.07) is 11.5. The predicted octanol–water partition coefficient (Wildman–Crippen LogP) is 3.86. The highest BCUT2D eigenvalue weighted by Gasteiger charge is 2.24. The molecule has 5 heteroatoms. The van der Waals surface area contributed by atoms with Crippen LogP contribution in [0.15, 0.2) is 58.1 Å². The van der Waals surface area contributed by atoms with Crippen molar-refractivity contribution < 1.29 is 9.21 Å². The number of rotatable bonds is 3. The molecule has 1 amide bonds. The molecule has 1 saturated heterocycles. The summed E-state index contributed by atoms with van der Waals surface area (Å²) < 4.78 is 5.19. The highest BCUT2D eigenvalue weighted by Crippen LogP contribution is 2.25. The Labute approximate surface area is 133 Å². The first-order valence-corrected chi connectivity index (χ1v) is 8.03. The van der Waals surface area contributed by atoms with E-state index in [9.17, 15) is 4.79 Å². The van der Waals surface area contributed by atoms with Crippen molar-refractivity contribution in [3.8, 4) is 0 Å². The molecule has 4 nitrogen and oxygen atoms in total. The number of thioether (sulfide) groups is 1. The molecule has 0 radical (unpaired) electrons. The van der Waals surface area contributed by atoms with Gasteiger partial charge in [-0.3, -0.25) is 9.69 Å². The molecule has 0 unspecified atom stereocenters. The van der Waals surface area contributed by atoms with Gasteiger partial charge in [-0.2, -0.15) is 0 Å². The molecule has 0 bridgehead atoms. The van der Waals surface area contributed by atoms with Crippen LogP contribution >= 0.6 is 11.8 Å². The molecule has 22 heavy (non-hydrogen) atoms. The van der Waals surface area contributed by atoms with Crippen LogP contribution in [0.3, 0.4) is 0 Å². The zero-order valence-corrected chi connectivity index (χ0v) is 13.0. The number of hydrogen-bond acceptors (Lipinski definition) is 4. The number of carbonyl (C=O) groups is 1. The molecule has 2 heterocycles. The molecule has 0 atom stereocenters. The summed E-state index contributed by atoms with van der Waals surface area (Å²) in [7, 11) is 0. The summed E-state index contributed by atoms with van der Waals surface area (Å²) in [5.74, 6) is 1.46. The van der Waals surface area contributed by atoms with Gasteiger partial charge in [0, 0.05) is 18.4 Å². The van der Waals surface area contributed by atoms with Gasteiger partial charge in [-0.25, -0.2) is 4.99 Å². The summed E-state index contributed by atoms with van der Waals surface area (Å²) in [6.45, 7) is 2.69. The van der Waals surface area contributed by atoms with Gasteiger partial charge < -0.3 is 4.42 Å². The Balaban J connectivity index is 1.78. The van der Waals surface area contributed by atoms with Crippen LogP contribution in [0.2, 0.25) is 0 Å². The Morgan fingerprint density at radius 1 is 1.32 bits per heavy atom. The summed E-state index contributed by atoms with van der Waals surface area (Å²) in [5.41, 5.74) is 2.00. The van der Waals surface area contributed by atoms with Crippen molar-refractivity contribution in [2.45, 2.75) is 6.92 Å². The van der Waals surface area contributed by atoms with Gasteiger partial charge in [-0.15, -0.1) is 0 Å². The van der Waals surface area contributed by atoms with Crippen LogP contribution in [0.1, 0.15) is 11.3 Å². The second kappa shape index (κ2) is 6.66. The fourth-order valence-corrected chi connectivity index (χ4v) is 3.08. The fraction of sp³-hybridized carbons (Fsp3) is 0.176. The SMILES string of the molecule is Cc1ccccc1N=C1SCCN1C(=O)/C=C/c1ccco1. The van der Waals surface area contributed by atoms with Crippen molar-refractivity contribution in [1.82, 2.24) is 4.90 Å². The van der Waals surface area contributed by atoms with Crippen molar-refractivity contribution in [3.63, 3.8) is 0 Å². The van der Waals surface area contributed by atoms with Crippen molar-refractivity contribution in [3.05, 3.63) is 60.1 Å². The average molecular weight is 312 g/mol. The zero-order chi connectivity index (χ0) is 15.4. The monoisotopic (exact) mass is 312 g/mol. The summed E-state index contributed by atoms with van der Waals surface area (Å²) in [6.07, 6.45) is 4.79. The van der Waals surface area contributed by atoms with Crippen molar-refractivity contribution >= 4 is 34.6 Å². The van der Waals surface area contributed by atoms with E-state index in [0.717, 1.165) is 22.2 Å². The first-order valence-electron chi connectivity index (χ1n) is 7.04. The predicted molar refractivity (Wildman–Crippen MR) is 90.2 cm³/mol. The minimum Gasteiger partial charge on any atom is -0.465 e. The standard InChI is InChI=1S/C17H16N2O2S/c1-13-5-2-3-7-15(13)18-17-19(10-12-22-17)16(20)9-8-14-6-4-11-21-14/h2-9,11H,10,12H2,1H3/b9-8+,18-17?. The largest absolute Gasteiger partial charge is 0.465 e. The Hall–Kier alpha value is -2.27. The Morgan fingerprint density at radius 2 is 2.18 bits per heavy atom. The number of amides is 1. The van der Waals surface area contributed by atoms with E-state index in [0.29, 0.717) is 12.3 Å². The molecule has 1 aromatic carbocycles. The number of para-hydroxylation sites is 1. The Morgan fingerprint density at radius 3 is 2.95 bits per heavy atom. The second-order valence-electron chi connectivity index (χ2n) is 4.87. The summed E-state index contributed by atoms with van der Waals surface area (Å²) >= 11 is 1.60. The zero-order valence-electron chi connectivity index (χ0n) is 12.2. The number of benzene rings is 1. The Kier molecular flexibility index (Phi) is 4.44. The fourth-order valence-electron chi connectivity index (χ4n) is 2.12. The lowest BCUT2D eigenvalue weighted by molar-refractivity contribution is -0.121. The molecule has 0 spiro atoms. The van der Waals surface area contributed by atoms with E-state index < -0.39 is 0 Å². The molecule has 2 aromatic rings. The molecule has 0 aliphatic carbocycles. The maximum Gasteiger partial charge on any atom is 0.252 e. The van der Waals surface area contributed by atoms with Crippen molar-refractivity contribution in [2.24, 2.45) is 4.99 Å². The first kappa shape index (κ1) is 14.7. The van der Waals surface area contributed by atoms with E-state index in [1.165, 1.54) is 6.08 Å². The maximum atomic E-state index is 12.3. The molecule has 1 aromatic heterocycles. The number of hydrogen-bond donors (Lipinski definition) is 0. The van der Waals surface area contributed by atoms with Gasteiger partial charge in [-0.05, 0) is 36.8 Å². The molecule has 3 rings (SSSR count). The minimum atomic E-state index is -0.0752. The van der Waals surface area contributed by atoms with E-state index in [1.54, 1.807) is 35.1 Å². The molecule has 0 N–H and O–H groups in total. The quantitative estimate of drug-likeness (QED) is 0.808. The molecule has 1 fully saturated rings. The smallest absolute Gasteiger partial charge is 0.252 e. The molecule has 1 aliphatic heterocycles. The Bertz CT molecular complexity index is 720. The topological polar surface area (TPSA) is 45.8 Å². The lowest BCUT2D eigenvalue weighted by atomic mass is 10.2. The lowest BCUT2D eigenvalue weighted by Gasteiger charge is -2.13. The normalized spacial score (nSPS) is 16.8. The summed E-state index contributed by atoms with van der Waals surface area (Å²) in [4.78, 5) is 18.7. The second-order valence-corrected chi connectivity index (χ2v) is 5.93. The van der Waals surface area contributed by atoms with Gasteiger partial charge in [0.25, 0.3) is 5.91 Å². The van der Waals surface area contributed by atoms with Crippen LogP contribution in [0.25, 0.3) is 6.08 Å². The van der Waals surface area contributed by atoms with Gasteiger partial charge in [0.05, 0.1) is 12.0 Å². The van der Waals surface area contributed by atoms with Gasteiger partial charge >= 0.3 is 0 Å². The van der Waals surface area contributed by atoms with Crippen molar-refractivity contribution in [2.75, 3.05) is 12.3 Å². The number of aliphatic imine (C=N–C) groups is 1. The highest BCUT2D eigenvalue weighted by molar-refractivity contribution is 8.14. The van der Waals surface area contributed by atoms with Crippen LogP contribution in [0, 0.1) is 6.92 Å². The number of furan rings is 1. The van der Waals surface area contributed by atoms with E-state index in [2.05, 4.69) is 4.99 Å². The van der Waals surface area contributed by atoms with Gasteiger partial charge in [0.2, 0.25) is 0 Å². The van der Waals surface area contributed by atoms with Crippen molar-refractivity contribution in [1.29, 1.82) is 0 Å². The van der Waals surface area contributed by atoms with Gasteiger partial charge in [0.15, 0.2) is 5.17 Å². The van der Waals surface area contributed by atoms with E-state index in [-0.39, 0.29) is 5.91 Å². The van der Waals surface area contributed by atoms with Crippen LogP contribution < -0.4 is 0 Å². The average Bonchev–Trinajstić information content (AvgIpc) is 3.18. The molecule has 0 saturated carbocycles. The molecule has 1 aliphatic rings. The van der Waals surface area contributed by atoms with Gasteiger partial charge in [-0.1, -0.05) is 30.0 Å². The lowest BCUT2D eigenvalue weighted by Crippen LogP contribution is -2.30. The highest BCUT2D eigenvalue weighted by atomic mass is 32.2. The number of carbonyl (C=O) groups excluding carboxylic acids is 1. The van der Waals surface area contributed by atoms with Gasteiger partial charge in [0.1, 0.15) is 5.76 Å². The number of amidine groups is 1. The maximum absolute atomic E-state index is 12.3. The van der Waals surface area contributed by atoms with E-state index in [1.807, 2.05) is 37.3 Å². The third-order valence-corrected chi connectivity index (χ3v) is 4.26. The third kappa shape index (κ3) is 3.31. The van der Waals surface area contributed by atoms with E-state index >= 15 is 0 Å². The van der Waals surface area contributed by atoms with Crippen LogP contribution in [-0.4, -0.2) is 28.3 Å². The van der Waals surface area contributed by atoms with Crippen LogP contribution in [-0.2, 0) is 4.79 Å². The van der Waals surface area contributed by atoms with Crippen LogP contribution in [0.5, 0.6) is 0 Å². The minimum absolute atomic E-state index is 0.0752. The van der Waals surface area contributed by atoms with Crippen LogP contribution in [0.4, 0.5) is 5.69 Å². The van der Waals surface area contributed by atoms with E-state index in [4.69, 9.17) is 4.42 Å². The molecular weight excluding hydrogens is 296 g/mol. The number of nitrogens with zero attached hydrogens (tertiary/aromatic N) is 2. The molecule has 112 valence electrons. The first-order chi connectivity index (χ1) is 10.7. The summed E-state index contributed by atoms with van der Waals surface area (Å²) in [5, 5.41) is 0.753.